The minimum atomic E-state index is -0.983. The van der Waals surface area contributed by atoms with Crippen LogP contribution in [0.15, 0.2) is 0 Å². The van der Waals surface area contributed by atoms with Crippen molar-refractivity contribution < 1.29 is 24.2 Å². The summed E-state index contributed by atoms with van der Waals surface area (Å²) < 4.78 is 6.15. The molecule has 0 saturated carbocycles. The van der Waals surface area contributed by atoms with Crippen molar-refractivity contribution in [2.24, 2.45) is 11.8 Å². The van der Waals surface area contributed by atoms with E-state index in [1.807, 2.05) is 20.8 Å². The molecule has 0 aromatic rings. The molecule has 0 aromatic carbocycles. The van der Waals surface area contributed by atoms with Crippen LogP contribution in [0.4, 0.5) is 0 Å². The topological polar surface area (TPSA) is 108 Å². The summed E-state index contributed by atoms with van der Waals surface area (Å²) in [4.78, 5) is 39.8. The average Bonchev–Trinajstić information content (AvgIpc) is 3.13. The molecule has 5 atom stereocenters. The molecule has 8 nitrogen and oxygen atoms in total. The standard InChI is InChI=1S/C17H27N3O5/c1-16(2,3)19-14(23)12-17-6-5-9(25-17)10(13(22)18-4)11(17)15(24)20(12)7-8-21/h9-12,21H,5-8H2,1-4H3,(H,18,22)(H,19,23)/t9-,10+,11+,12?,17?/m1/s1. The summed E-state index contributed by atoms with van der Waals surface area (Å²) in [5.41, 5.74) is -1.44. The van der Waals surface area contributed by atoms with E-state index in [1.54, 1.807) is 0 Å². The highest BCUT2D eigenvalue weighted by molar-refractivity contribution is 5.99. The van der Waals surface area contributed by atoms with Crippen molar-refractivity contribution in [3.63, 3.8) is 0 Å². The zero-order chi connectivity index (χ0) is 18.6. The largest absolute Gasteiger partial charge is 0.395 e. The van der Waals surface area contributed by atoms with Crippen molar-refractivity contribution in [3.05, 3.63) is 0 Å². The Balaban J connectivity index is 2.00. The Hall–Kier alpha value is -1.67. The van der Waals surface area contributed by atoms with Gasteiger partial charge >= 0.3 is 0 Å². The van der Waals surface area contributed by atoms with E-state index in [4.69, 9.17) is 4.74 Å². The van der Waals surface area contributed by atoms with E-state index in [9.17, 15) is 19.5 Å². The lowest BCUT2D eigenvalue weighted by atomic mass is 9.70. The van der Waals surface area contributed by atoms with Gasteiger partial charge in [0.05, 0.1) is 24.5 Å². The molecule has 25 heavy (non-hydrogen) atoms. The van der Waals surface area contributed by atoms with E-state index in [1.165, 1.54) is 11.9 Å². The third-order valence-corrected chi connectivity index (χ3v) is 5.44. The predicted molar refractivity (Wildman–Crippen MR) is 88.4 cm³/mol. The lowest BCUT2D eigenvalue weighted by molar-refractivity contribution is -0.143. The van der Waals surface area contributed by atoms with Crippen LogP contribution in [0.1, 0.15) is 33.6 Å². The number of amides is 3. The summed E-state index contributed by atoms with van der Waals surface area (Å²) in [5.74, 6) is -2.06. The molecule has 3 amide bonds. The second kappa shape index (κ2) is 5.95. The number of hydrogen-bond acceptors (Lipinski definition) is 5. The summed E-state index contributed by atoms with van der Waals surface area (Å²) >= 11 is 0. The molecule has 3 rings (SSSR count). The fourth-order valence-corrected chi connectivity index (χ4v) is 4.71. The van der Waals surface area contributed by atoms with Crippen LogP contribution in [-0.4, -0.2) is 71.2 Å². The SMILES string of the molecule is CNC(=O)[C@@H]1[C@H]2C(=O)N(CCO)C(C(=O)NC(C)(C)C)C23CC[C@H]1O3. The van der Waals surface area contributed by atoms with Crippen molar-refractivity contribution in [1.29, 1.82) is 0 Å². The molecule has 0 aliphatic carbocycles. The monoisotopic (exact) mass is 353 g/mol. The molecule has 3 aliphatic rings. The van der Waals surface area contributed by atoms with Crippen molar-refractivity contribution in [3.8, 4) is 0 Å². The fraction of sp³-hybridized carbons (Fsp3) is 0.824. The first-order valence-electron chi connectivity index (χ1n) is 8.79. The van der Waals surface area contributed by atoms with Crippen LogP contribution in [0, 0.1) is 11.8 Å². The number of likely N-dealkylation sites (tertiary alicyclic amines) is 1. The molecule has 1 spiro atoms. The first-order chi connectivity index (χ1) is 11.7. The number of aliphatic hydroxyl groups is 1. The molecule has 3 heterocycles. The lowest BCUT2D eigenvalue weighted by Crippen LogP contribution is -2.58. The number of nitrogens with zero attached hydrogens (tertiary/aromatic N) is 1. The molecule has 2 bridgehead atoms. The number of rotatable bonds is 4. The zero-order valence-electron chi connectivity index (χ0n) is 15.2. The summed E-state index contributed by atoms with van der Waals surface area (Å²) in [6.45, 7) is 5.41. The number of carbonyl (C=O) groups excluding carboxylic acids is 3. The highest BCUT2D eigenvalue weighted by Crippen LogP contribution is 2.58. The fourth-order valence-electron chi connectivity index (χ4n) is 4.71. The van der Waals surface area contributed by atoms with Gasteiger partial charge in [-0.25, -0.2) is 0 Å². The van der Waals surface area contributed by atoms with E-state index in [-0.39, 0.29) is 37.0 Å². The summed E-state index contributed by atoms with van der Waals surface area (Å²) in [7, 11) is 1.54. The Kier molecular flexibility index (Phi) is 4.31. The second-order valence-corrected chi connectivity index (χ2v) is 8.16. The van der Waals surface area contributed by atoms with Gasteiger partial charge in [0, 0.05) is 19.1 Å². The highest BCUT2D eigenvalue weighted by atomic mass is 16.5. The third kappa shape index (κ3) is 2.62. The van der Waals surface area contributed by atoms with Crippen LogP contribution in [-0.2, 0) is 19.1 Å². The molecule has 140 valence electrons. The maximum Gasteiger partial charge on any atom is 0.246 e. The number of β-amino-alcohol motifs (C(OH)–C–C–N with tert-alkyl or cyclic N) is 1. The number of ether oxygens (including phenoxy) is 1. The van der Waals surface area contributed by atoms with Gasteiger partial charge < -0.3 is 25.4 Å². The number of aliphatic hydroxyl groups excluding tert-OH is 1. The van der Waals surface area contributed by atoms with Crippen LogP contribution in [0.5, 0.6) is 0 Å². The van der Waals surface area contributed by atoms with Crippen molar-refractivity contribution in [2.75, 3.05) is 20.2 Å². The van der Waals surface area contributed by atoms with Crippen molar-refractivity contribution >= 4 is 17.7 Å². The smallest absolute Gasteiger partial charge is 0.246 e. The Labute approximate surface area is 147 Å². The number of fused-ring (bicyclic) bond motifs is 1. The van der Waals surface area contributed by atoms with Gasteiger partial charge in [-0.1, -0.05) is 0 Å². The molecule has 0 radical (unpaired) electrons. The number of hydrogen-bond donors (Lipinski definition) is 3. The molecule has 0 aromatic heterocycles. The van der Waals surface area contributed by atoms with Gasteiger partial charge in [-0.05, 0) is 33.6 Å². The highest BCUT2D eigenvalue weighted by Gasteiger charge is 2.74. The maximum atomic E-state index is 13.0. The predicted octanol–water partition coefficient (Wildman–Crippen LogP) is -0.986. The van der Waals surface area contributed by atoms with Crippen LogP contribution in [0.2, 0.25) is 0 Å². The Morgan fingerprint density at radius 3 is 2.60 bits per heavy atom. The van der Waals surface area contributed by atoms with E-state index in [0.717, 1.165) is 0 Å². The normalized spacial score (nSPS) is 36.5. The van der Waals surface area contributed by atoms with Crippen LogP contribution >= 0.6 is 0 Å². The minimum Gasteiger partial charge on any atom is -0.395 e. The lowest BCUT2D eigenvalue weighted by Gasteiger charge is -2.35. The first kappa shape index (κ1) is 18.1. The van der Waals surface area contributed by atoms with Gasteiger partial charge in [0.1, 0.15) is 11.6 Å². The third-order valence-electron chi connectivity index (χ3n) is 5.44. The molecule has 3 saturated heterocycles. The summed E-state index contributed by atoms with van der Waals surface area (Å²) in [6, 6.07) is -0.823. The Bertz CT molecular complexity index is 602. The van der Waals surface area contributed by atoms with Gasteiger partial charge in [-0.3, -0.25) is 14.4 Å². The van der Waals surface area contributed by atoms with Gasteiger partial charge in [0.15, 0.2) is 0 Å². The molecule has 8 heteroatoms. The number of carbonyl (C=O) groups is 3. The zero-order valence-corrected chi connectivity index (χ0v) is 15.2. The van der Waals surface area contributed by atoms with Gasteiger partial charge in [0.25, 0.3) is 0 Å². The van der Waals surface area contributed by atoms with E-state index in [2.05, 4.69) is 10.6 Å². The molecule has 3 N–H and O–H groups in total. The van der Waals surface area contributed by atoms with E-state index < -0.39 is 29.0 Å². The van der Waals surface area contributed by atoms with Gasteiger partial charge in [-0.2, -0.15) is 0 Å². The van der Waals surface area contributed by atoms with Crippen molar-refractivity contribution in [2.45, 2.75) is 56.9 Å². The average molecular weight is 353 g/mol. The molecular weight excluding hydrogens is 326 g/mol. The van der Waals surface area contributed by atoms with Gasteiger partial charge in [-0.15, -0.1) is 0 Å². The summed E-state index contributed by atoms with van der Waals surface area (Å²) in [5, 5.41) is 14.9. The van der Waals surface area contributed by atoms with Crippen molar-refractivity contribution in [1.82, 2.24) is 15.5 Å². The van der Waals surface area contributed by atoms with Gasteiger partial charge in [0.2, 0.25) is 17.7 Å². The number of nitrogens with one attached hydrogen (secondary N) is 2. The Morgan fingerprint density at radius 2 is 2.04 bits per heavy atom. The quantitative estimate of drug-likeness (QED) is 0.602. The van der Waals surface area contributed by atoms with Crippen LogP contribution in [0.3, 0.4) is 0 Å². The van der Waals surface area contributed by atoms with E-state index in [0.29, 0.717) is 12.8 Å². The van der Waals surface area contributed by atoms with E-state index >= 15 is 0 Å². The Morgan fingerprint density at radius 1 is 1.36 bits per heavy atom. The minimum absolute atomic E-state index is 0.0494. The maximum absolute atomic E-state index is 13.0. The molecule has 3 aliphatic heterocycles. The van der Waals surface area contributed by atoms with Crippen LogP contribution in [0.25, 0.3) is 0 Å². The molecule has 3 fully saturated rings. The molecule has 2 unspecified atom stereocenters. The second-order valence-electron chi connectivity index (χ2n) is 8.16. The summed E-state index contributed by atoms with van der Waals surface area (Å²) in [6.07, 6.45) is 0.870. The first-order valence-corrected chi connectivity index (χ1v) is 8.79. The molecular formula is C17H27N3O5. The van der Waals surface area contributed by atoms with Crippen LogP contribution < -0.4 is 10.6 Å².